The van der Waals surface area contributed by atoms with Gasteiger partial charge in [0.05, 0.1) is 6.10 Å². The molecule has 0 saturated carbocycles. The van der Waals surface area contributed by atoms with Crippen LogP contribution in [0.4, 0.5) is 0 Å². The Bertz CT molecular complexity index is 528. The van der Waals surface area contributed by atoms with Gasteiger partial charge in [-0.1, -0.05) is 69.3 Å². The van der Waals surface area contributed by atoms with Gasteiger partial charge in [-0.05, 0) is 24.0 Å². The van der Waals surface area contributed by atoms with Crippen LogP contribution in [0, 0.1) is 5.41 Å². The molecule has 0 fully saturated rings. The van der Waals surface area contributed by atoms with E-state index in [0.717, 1.165) is 17.5 Å². The largest absolute Gasteiger partial charge is 0.396 e. The molecule has 2 nitrogen and oxygen atoms in total. The second kappa shape index (κ2) is 6.17. The molecule has 0 saturated heterocycles. The van der Waals surface area contributed by atoms with Crippen molar-refractivity contribution in [1.82, 2.24) is 0 Å². The predicted molar refractivity (Wildman–Crippen MR) is 87.1 cm³/mol. The minimum atomic E-state index is -0.476. The summed E-state index contributed by atoms with van der Waals surface area (Å²) in [6, 6.07) is 8.04. The third-order valence-electron chi connectivity index (χ3n) is 4.70. The van der Waals surface area contributed by atoms with Gasteiger partial charge < -0.3 is 10.2 Å². The van der Waals surface area contributed by atoms with Crippen LogP contribution in [-0.2, 0) is 5.41 Å². The molecular formula is C19H26O2. The Kier molecular flexibility index (Phi) is 4.70. The first-order valence-electron chi connectivity index (χ1n) is 7.72. The molecular weight excluding hydrogens is 260 g/mol. The molecule has 2 rings (SSSR count). The summed E-state index contributed by atoms with van der Waals surface area (Å²) in [5.41, 5.74) is 1.32. The molecule has 1 aliphatic carbocycles. The Morgan fingerprint density at radius 1 is 1.19 bits per heavy atom. The molecule has 0 spiro atoms. The van der Waals surface area contributed by atoms with Crippen molar-refractivity contribution in [2.45, 2.75) is 45.1 Å². The summed E-state index contributed by atoms with van der Waals surface area (Å²) in [5.74, 6) is 0. The minimum Gasteiger partial charge on any atom is -0.396 e. The number of aliphatic hydroxyl groups is 2. The van der Waals surface area contributed by atoms with E-state index in [-0.39, 0.29) is 17.4 Å². The molecule has 1 atom stereocenters. The van der Waals surface area contributed by atoms with Gasteiger partial charge in [0.15, 0.2) is 0 Å². The molecule has 0 radical (unpaired) electrons. The van der Waals surface area contributed by atoms with Crippen LogP contribution in [0.2, 0.25) is 0 Å². The maximum Gasteiger partial charge on any atom is 0.0790 e. The van der Waals surface area contributed by atoms with E-state index in [9.17, 15) is 10.2 Å². The molecule has 0 heterocycles. The third-order valence-corrected chi connectivity index (χ3v) is 4.70. The summed E-state index contributed by atoms with van der Waals surface area (Å²) in [4.78, 5) is 0. The van der Waals surface area contributed by atoms with Gasteiger partial charge in [-0.3, -0.25) is 0 Å². The summed E-state index contributed by atoms with van der Waals surface area (Å²) in [7, 11) is 0. The highest BCUT2D eigenvalue weighted by molar-refractivity contribution is 5.47. The number of benzene rings is 1. The monoisotopic (exact) mass is 286 g/mol. The lowest BCUT2D eigenvalue weighted by atomic mass is 9.59. The fraction of sp³-hybridized carbons (Fsp3) is 0.474. The molecule has 1 unspecified atom stereocenters. The minimum absolute atomic E-state index is 0.0816. The zero-order valence-electron chi connectivity index (χ0n) is 13.2. The summed E-state index contributed by atoms with van der Waals surface area (Å²) in [6.45, 7) is 6.21. The summed E-state index contributed by atoms with van der Waals surface area (Å²) in [5, 5.41) is 20.3. The highest BCUT2D eigenvalue weighted by Crippen LogP contribution is 2.48. The van der Waals surface area contributed by atoms with Crippen molar-refractivity contribution in [3.63, 3.8) is 0 Å². The Labute approximate surface area is 127 Å². The Balaban J connectivity index is 2.67. The van der Waals surface area contributed by atoms with Crippen LogP contribution in [0.15, 0.2) is 48.6 Å². The molecule has 0 aromatic heterocycles. The molecule has 21 heavy (non-hydrogen) atoms. The van der Waals surface area contributed by atoms with Gasteiger partial charge in [0, 0.05) is 17.4 Å². The van der Waals surface area contributed by atoms with Crippen LogP contribution in [0.3, 0.4) is 0 Å². The van der Waals surface area contributed by atoms with Crippen molar-refractivity contribution in [3.8, 4) is 0 Å². The molecule has 0 amide bonds. The van der Waals surface area contributed by atoms with Gasteiger partial charge >= 0.3 is 0 Å². The van der Waals surface area contributed by atoms with E-state index in [0.29, 0.717) is 6.42 Å². The number of allylic oxidation sites excluding steroid dienone is 4. The standard InChI is InChI=1S/C19H26O2/c1-4-17(21)15-10-6-7-11-16(15)19(18(2,3)14-20)12-8-5-9-13-19/h6-13,17,20-21H,4-5,14H2,1-3H3. The fourth-order valence-corrected chi connectivity index (χ4v) is 3.15. The van der Waals surface area contributed by atoms with Crippen LogP contribution in [0.5, 0.6) is 0 Å². The maximum atomic E-state index is 10.4. The Hall–Kier alpha value is -1.38. The normalized spacial score (nSPS) is 18.7. The van der Waals surface area contributed by atoms with Crippen LogP contribution in [0.25, 0.3) is 0 Å². The average Bonchev–Trinajstić information content (AvgIpc) is 2.54. The highest BCUT2D eigenvalue weighted by atomic mass is 16.3. The van der Waals surface area contributed by atoms with E-state index >= 15 is 0 Å². The van der Waals surface area contributed by atoms with Gasteiger partial charge in [0.2, 0.25) is 0 Å². The molecule has 1 aromatic carbocycles. The van der Waals surface area contributed by atoms with Crippen LogP contribution < -0.4 is 0 Å². The van der Waals surface area contributed by atoms with Crippen molar-refractivity contribution in [3.05, 3.63) is 59.7 Å². The van der Waals surface area contributed by atoms with Crippen LogP contribution in [-0.4, -0.2) is 16.8 Å². The molecule has 0 aliphatic heterocycles. The highest BCUT2D eigenvalue weighted by Gasteiger charge is 2.44. The maximum absolute atomic E-state index is 10.4. The molecule has 0 bridgehead atoms. The van der Waals surface area contributed by atoms with Crippen molar-refractivity contribution >= 4 is 0 Å². The quantitative estimate of drug-likeness (QED) is 0.806. The van der Waals surface area contributed by atoms with Crippen molar-refractivity contribution < 1.29 is 10.2 Å². The van der Waals surface area contributed by atoms with E-state index in [1.54, 1.807) is 0 Å². The zero-order chi connectivity index (χ0) is 15.5. The van der Waals surface area contributed by atoms with Gasteiger partial charge in [-0.2, -0.15) is 0 Å². The van der Waals surface area contributed by atoms with Crippen molar-refractivity contribution in [2.75, 3.05) is 6.61 Å². The molecule has 114 valence electrons. The van der Waals surface area contributed by atoms with Gasteiger partial charge in [0.25, 0.3) is 0 Å². The van der Waals surface area contributed by atoms with Gasteiger partial charge in [-0.15, -0.1) is 0 Å². The number of aliphatic hydroxyl groups excluding tert-OH is 2. The van der Waals surface area contributed by atoms with Crippen molar-refractivity contribution in [1.29, 1.82) is 0 Å². The molecule has 1 aromatic rings. The first-order chi connectivity index (χ1) is 9.98. The summed E-state index contributed by atoms with van der Waals surface area (Å²) in [6.07, 6.45) is 9.78. The van der Waals surface area contributed by atoms with Gasteiger partial charge in [0.1, 0.15) is 0 Å². The first-order valence-corrected chi connectivity index (χ1v) is 7.72. The second-order valence-corrected chi connectivity index (χ2v) is 6.46. The molecule has 1 aliphatic rings. The van der Waals surface area contributed by atoms with Crippen LogP contribution in [0.1, 0.15) is 50.8 Å². The van der Waals surface area contributed by atoms with E-state index in [1.807, 2.05) is 25.1 Å². The van der Waals surface area contributed by atoms with E-state index in [4.69, 9.17) is 0 Å². The van der Waals surface area contributed by atoms with Crippen LogP contribution >= 0.6 is 0 Å². The predicted octanol–water partition coefficient (Wildman–Crippen LogP) is 3.90. The summed E-state index contributed by atoms with van der Waals surface area (Å²) < 4.78 is 0. The number of rotatable bonds is 5. The third kappa shape index (κ3) is 2.70. The first kappa shape index (κ1) is 16.0. The molecule has 2 N–H and O–H groups in total. The van der Waals surface area contributed by atoms with Crippen molar-refractivity contribution in [2.24, 2.45) is 5.41 Å². The number of hydrogen-bond acceptors (Lipinski definition) is 2. The Morgan fingerprint density at radius 3 is 2.38 bits per heavy atom. The fourth-order valence-electron chi connectivity index (χ4n) is 3.15. The van der Waals surface area contributed by atoms with E-state index < -0.39 is 6.10 Å². The average molecular weight is 286 g/mol. The molecule has 2 heteroatoms. The SMILES string of the molecule is CCC(O)c1ccccc1C1(C(C)(C)CO)C=CCC=C1. The summed E-state index contributed by atoms with van der Waals surface area (Å²) >= 11 is 0. The zero-order valence-corrected chi connectivity index (χ0v) is 13.2. The Morgan fingerprint density at radius 2 is 1.81 bits per heavy atom. The van der Waals surface area contributed by atoms with Gasteiger partial charge in [-0.25, -0.2) is 0 Å². The lowest BCUT2D eigenvalue weighted by molar-refractivity contribution is 0.112. The topological polar surface area (TPSA) is 40.5 Å². The lowest BCUT2D eigenvalue weighted by Gasteiger charge is -2.45. The lowest BCUT2D eigenvalue weighted by Crippen LogP contribution is -2.43. The smallest absolute Gasteiger partial charge is 0.0790 e. The van der Waals surface area contributed by atoms with E-state index in [2.05, 4.69) is 44.2 Å². The second-order valence-electron chi connectivity index (χ2n) is 6.46. The number of hydrogen-bond donors (Lipinski definition) is 2. The van der Waals surface area contributed by atoms with E-state index in [1.165, 1.54) is 0 Å².